The molecule has 31 heavy (non-hydrogen) atoms. The molecular formula is C20H18F3N7O. The Balaban J connectivity index is 1.54. The zero-order chi connectivity index (χ0) is 21.8. The van der Waals surface area contributed by atoms with E-state index in [2.05, 4.69) is 20.1 Å². The molecule has 0 unspecified atom stereocenters. The number of fused-ring (bicyclic) bond motifs is 4. The maximum atomic E-state index is 14.0. The predicted octanol–water partition coefficient (Wildman–Crippen LogP) is 2.75. The molecule has 0 saturated carbocycles. The molecule has 0 spiro atoms. The van der Waals surface area contributed by atoms with Crippen LogP contribution in [0.15, 0.2) is 36.5 Å². The second-order valence-corrected chi connectivity index (χ2v) is 7.37. The molecule has 4 aromatic rings. The molecule has 0 radical (unpaired) electrons. The molecule has 0 aliphatic carbocycles. The van der Waals surface area contributed by atoms with Gasteiger partial charge in [-0.05, 0) is 23.8 Å². The van der Waals surface area contributed by atoms with Crippen molar-refractivity contribution in [2.45, 2.75) is 31.7 Å². The summed E-state index contributed by atoms with van der Waals surface area (Å²) in [6.07, 6.45) is -3.29. The molecule has 1 atom stereocenters. The Hall–Kier alpha value is -3.47. The quantitative estimate of drug-likeness (QED) is 0.533. The molecule has 0 amide bonds. The number of alkyl halides is 3. The molecule has 1 aromatic carbocycles. The molecule has 160 valence electrons. The highest BCUT2D eigenvalue weighted by Gasteiger charge is 2.46. The van der Waals surface area contributed by atoms with Crippen LogP contribution in [-0.2, 0) is 19.5 Å². The molecule has 5 rings (SSSR count). The molecule has 1 aliphatic rings. The van der Waals surface area contributed by atoms with Crippen molar-refractivity contribution in [2.24, 2.45) is 0 Å². The van der Waals surface area contributed by atoms with Gasteiger partial charge in [0.2, 0.25) is 5.95 Å². The Morgan fingerprint density at radius 2 is 2.00 bits per heavy atom. The van der Waals surface area contributed by atoms with E-state index >= 15 is 0 Å². The maximum absolute atomic E-state index is 14.0. The third-order valence-corrected chi connectivity index (χ3v) is 5.46. The van der Waals surface area contributed by atoms with Crippen LogP contribution >= 0.6 is 0 Å². The van der Waals surface area contributed by atoms with Crippen LogP contribution in [0.2, 0.25) is 0 Å². The zero-order valence-corrected chi connectivity index (χ0v) is 16.5. The summed E-state index contributed by atoms with van der Waals surface area (Å²) in [5.74, 6) is 0.550. The number of ether oxygens (including phenoxy) is 1. The highest BCUT2D eigenvalue weighted by Crippen LogP contribution is 2.33. The van der Waals surface area contributed by atoms with Gasteiger partial charge in [0.25, 0.3) is 0 Å². The van der Waals surface area contributed by atoms with Gasteiger partial charge >= 0.3 is 6.18 Å². The van der Waals surface area contributed by atoms with Gasteiger partial charge in [0, 0.05) is 31.1 Å². The summed E-state index contributed by atoms with van der Waals surface area (Å²) in [6.45, 7) is 0.294. The van der Waals surface area contributed by atoms with Gasteiger partial charge in [-0.15, -0.1) is 5.10 Å². The molecule has 11 heteroatoms. The van der Waals surface area contributed by atoms with Crippen LogP contribution in [0.3, 0.4) is 0 Å². The number of hydrogen-bond acceptors (Lipinski definition) is 7. The molecule has 0 saturated heterocycles. The van der Waals surface area contributed by atoms with Crippen LogP contribution in [-0.4, -0.2) is 48.8 Å². The number of hydrogen-bond donors (Lipinski definition) is 1. The second kappa shape index (κ2) is 7.05. The number of rotatable bonds is 4. The molecular weight excluding hydrogens is 411 g/mol. The number of nitrogens with two attached hydrogens (primary N) is 1. The van der Waals surface area contributed by atoms with Crippen molar-refractivity contribution in [1.29, 1.82) is 0 Å². The van der Waals surface area contributed by atoms with Gasteiger partial charge in [0.15, 0.2) is 11.5 Å². The van der Waals surface area contributed by atoms with Gasteiger partial charge in [-0.3, -0.25) is 9.88 Å². The lowest BCUT2D eigenvalue weighted by molar-refractivity contribution is -0.185. The Labute approximate surface area is 174 Å². The number of para-hydroxylation sites is 1. The first-order valence-electron chi connectivity index (χ1n) is 9.56. The Kier molecular flexibility index (Phi) is 4.43. The lowest BCUT2D eigenvalue weighted by Crippen LogP contribution is -2.44. The first-order chi connectivity index (χ1) is 14.8. The van der Waals surface area contributed by atoms with Gasteiger partial charge < -0.3 is 10.5 Å². The number of halogens is 3. The Morgan fingerprint density at radius 1 is 1.16 bits per heavy atom. The maximum Gasteiger partial charge on any atom is 0.404 e. The summed E-state index contributed by atoms with van der Waals surface area (Å²) in [7, 11) is 1.50. The summed E-state index contributed by atoms with van der Waals surface area (Å²) in [5, 5.41) is 4.82. The van der Waals surface area contributed by atoms with Crippen molar-refractivity contribution < 1.29 is 17.9 Å². The average molecular weight is 429 g/mol. The SMILES string of the molecule is COc1cccc2c1nc(N)n1nc(C[C@H](N3Cc4cccnc4C3)C(F)(F)F)nc21. The van der Waals surface area contributed by atoms with Crippen molar-refractivity contribution in [3.05, 3.63) is 53.6 Å². The fourth-order valence-electron chi connectivity index (χ4n) is 3.99. The van der Waals surface area contributed by atoms with E-state index in [4.69, 9.17) is 10.5 Å². The minimum atomic E-state index is -4.46. The lowest BCUT2D eigenvalue weighted by Gasteiger charge is -2.28. The van der Waals surface area contributed by atoms with Gasteiger partial charge in [0.05, 0.1) is 12.8 Å². The van der Waals surface area contributed by atoms with Crippen molar-refractivity contribution in [3.63, 3.8) is 0 Å². The molecule has 0 bridgehead atoms. The fraction of sp³-hybridized carbons (Fsp3) is 0.300. The highest BCUT2D eigenvalue weighted by molar-refractivity contribution is 5.95. The van der Waals surface area contributed by atoms with Crippen molar-refractivity contribution in [1.82, 2.24) is 29.5 Å². The summed E-state index contributed by atoms with van der Waals surface area (Å²) in [4.78, 5) is 14.2. The highest BCUT2D eigenvalue weighted by atomic mass is 19.4. The fourth-order valence-corrected chi connectivity index (χ4v) is 3.99. The van der Waals surface area contributed by atoms with E-state index in [0.717, 1.165) is 5.56 Å². The minimum absolute atomic E-state index is 0.0205. The van der Waals surface area contributed by atoms with E-state index in [9.17, 15) is 13.2 Å². The van der Waals surface area contributed by atoms with Crippen molar-refractivity contribution in [3.8, 4) is 5.75 Å². The summed E-state index contributed by atoms with van der Waals surface area (Å²) < 4.78 is 48.5. The lowest BCUT2D eigenvalue weighted by atomic mass is 10.1. The van der Waals surface area contributed by atoms with Gasteiger partial charge in [0.1, 0.15) is 17.3 Å². The van der Waals surface area contributed by atoms with Crippen LogP contribution < -0.4 is 10.5 Å². The number of methoxy groups -OCH3 is 1. The van der Waals surface area contributed by atoms with E-state index in [0.29, 0.717) is 28.0 Å². The second-order valence-electron chi connectivity index (χ2n) is 7.37. The van der Waals surface area contributed by atoms with Crippen LogP contribution in [0.25, 0.3) is 16.6 Å². The minimum Gasteiger partial charge on any atom is -0.494 e. The zero-order valence-electron chi connectivity index (χ0n) is 16.5. The molecule has 1 aliphatic heterocycles. The number of benzene rings is 1. The van der Waals surface area contributed by atoms with E-state index < -0.39 is 18.6 Å². The van der Waals surface area contributed by atoms with E-state index in [1.165, 1.54) is 16.5 Å². The molecule has 4 heterocycles. The summed E-state index contributed by atoms with van der Waals surface area (Å²) in [6, 6.07) is 6.99. The van der Waals surface area contributed by atoms with Crippen LogP contribution in [0.4, 0.5) is 19.1 Å². The number of nitrogens with zero attached hydrogens (tertiary/aromatic N) is 6. The number of aromatic nitrogens is 5. The predicted molar refractivity (Wildman–Crippen MR) is 106 cm³/mol. The summed E-state index contributed by atoms with van der Waals surface area (Å²) in [5.41, 5.74) is 8.28. The van der Waals surface area contributed by atoms with Crippen LogP contribution in [0.1, 0.15) is 17.1 Å². The number of pyridine rings is 1. The largest absolute Gasteiger partial charge is 0.494 e. The van der Waals surface area contributed by atoms with E-state index in [-0.39, 0.29) is 24.9 Å². The topological polar surface area (TPSA) is 94.5 Å². The van der Waals surface area contributed by atoms with Crippen molar-refractivity contribution >= 4 is 22.5 Å². The first kappa shape index (κ1) is 19.5. The van der Waals surface area contributed by atoms with E-state index in [1.54, 1.807) is 36.5 Å². The van der Waals surface area contributed by atoms with Gasteiger partial charge in [-0.2, -0.15) is 17.7 Å². The average Bonchev–Trinajstić information content (AvgIpc) is 3.35. The smallest absolute Gasteiger partial charge is 0.404 e. The Morgan fingerprint density at radius 3 is 2.74 bits per heavy atom. The Bertz CT molecular complexity index is 1260. The molecule has 3 aromatic heterocycles. The van der Waals surface area contributed by atoms with Crippen molar-refractivity contribution in [2.75, 3.05) is 12.8 Å². The van der Waals surface area contributed by atoms with Crippen LogP contribution in [0, 0.1) is 0 Å². The molecule has 2 N–H and O–H groups in total. The third-order valence-electron chi connectivity index (χ3n) is 5.46. The van der Waals surface area contributed by atoms with Gasteiger partial charge in [-0.1, -0.05) is 12.1 Å². The van der Waals surface area contributed by atoms with Gasteiger partial charge in [-0.25, -0.2) is 9.97 Å². The van der Waals surface area contributed by atoms with E-state index in [1.807, 2.05) is 0 Å². The first-order valence-corrected chi connectivity index (χ1v) is 9.56. The van der Waals surface area contributed by atoms with Crippen LogP contribution in [0.5, 0.6) is 5.75 Å². The standard InChI is InChI=1S/C20H18F3N7O/c1-31-14-6-2-5-12-17(14)27-19(24)30-18(12)26-16(28-30)8-15(20(21,22)23)29-9-11-4-3-7-25-13(11)10-29/h2-7,15H,8-10H2,1H3,(H2,24,27)/t15-/m0/s1. The normalized spacial score (nSPS) is 15.5. The summed E-state index contributed by atoms with van der Waals surface area (Å²) >= 11 is 0. The number of nitrogen functional groups attached to an aromatic ring is 1. The molecule has 0 fully saturated rings. The third kappa shape index (κ3) is 3.30. The monoisotopic (exact) mass is 429 g/mol. The number of anilines is 1. The molecule has 8 nitrogen and oxygen atoms in total.